The van der Waals surface area contributed by atoms with Gasteiger partial charge >= 0.3 is 0 Å². The average molecular weight is 286 g/mol. The zero-order chi connectivity index (χ0) is 14.7. The van der Waals surface area contributed by atoms with Crippen molar-refractivity contribution in [3.05, 3.63) is 35.4 Å². The number of Topliss-reactive ketones (excluding diaryl/α,β-unsaturated/α-hetero) is 1. The number of hydrogen-bond acceptors (Lipinski definition) is 2. The Morgan fingerprint density at radius 3 is 2.71 bits per heavy atom. The number of benzene rings is 1. The van der Waals surface area contributed by atoms with Gasteiger partial charge < -0.3 is 4.74 Å². The van der Waals surface area contributed by atoms with Crippen LogP contribution >= 0.6 is 0 Å². The van der Waals surface area contributed by atoms with E-state index in [4.69, 9.17) is 4.74 Å². The first-order valence-electron chi connectivity index (χ1n) is 8.41. The molecule has 1 unspecified atom stereocenters. The molecule has 2 aliphatic carbocycles. The fraction of sp³-hybridized carbons (Fsp3) is 0.632. The topological polar surface area (TPSA) is 26.3 Å². The molecular weight excluding hydrogens is 260 g/mol. The van der Waals surface area contributed by atoms with E-state index in [0.717, 1.165) is 38.5 Å². The van der Waals surface area contributed by atoms with E-state index in [0.29, 0.717) is 18.1 Å². The number of aryl methyl sites for hydroxylation is 1. The van der Waals surface area contributed by atoms with Crippen LogP contribution in [0.15, 0.2) is 24.3 Å². The average Bonchev–Trinajstić information content (AvgIpc) is 2.56. The summed E-state index contributed by atoms with van der Waals surface area (Å²) in [4.78, 5) is 12.9. The monoisotopic (exact) mass is 286 g/mol. The summed E-state index contributed by atoms with van der Waals surface area (Å²) in [7, 11) is 1.72. The Hall–Kier alpha value is -1.15. The van der Waals surface area contributed by atoms with Gasteiger partial charge in [0, 0.05) is 13.5 Å². The number of methoxy groups -OCH3 is 1. The van der Waals surface area contributed by atoms with Crippen LogP contribution in [0, 0.1) is 0 Å². The number of rotatable bonds is 4. The van der Waals surface area contributed by atoms with E-state index in [1.807, 2.05) is 0 Å². The third-order valence-corrected chi connectivity index (χ3v) is 5.49. The molecule has 0 bridgehead atoms. The minimum atomic E-state index is -0.482. The smallest absolute Gasteiger partial charge is 0.165 e. The van der Waals surface area contributed by atoms with Crippen molar-refractivity contribution >= 4 is 5.78 Å². The highest BCUT2D eigenvalue weighted by Gasteiger charge is 2.40. The summed E-state index contributed by atoms with van der Waals surface area (Å²) >= 11 is 0. The molecule has 0 N–H and O–H groups in total. The Labute approximate surface area is 127 Å². The lowest BCUT2D eigenvalue weighted by molar-refractivity contribution is -0.145. The van der Waals surface area contributed by atoms with Gasteiger partial charge in [0.05, 0.1) is 0 Å². The third-order valence-electron chi connectivity index (χ3n) is 5.49. The zero-order valence-electron chi connectivity index (χ0n) is 13.1. The van der Waals surface area contributed by atoms with E-state index in [-0.39, 0.29) is 0 Å². The van der Waals surface area contributed by atoms with Crippen molar-refractivity contribution in [2.24, 2.45) is 0 Å². The SMILES string of the molecule is COC1(C(=O)CC2CCCc3ccccc32)CCCCC1. The zero-order valence-corrected chi connectivity index (χ0v) is 13.1. The Balaban J connectivity index is 1.76. The van der Waals surface area contributed by atoms with Gasteiger partial charge in [0.2, 0.25) is 0 Å². The van der Waals surface area contributed by atoms with Gasteiger partial charge in [0.1, 0.15) is 5.60 Å². The first kappa shape index (κ1) is 14.8. The Bertz CT molecular complexity index is 500. The minimum absolute atomic E-state index is 0.339. The van der Waals surface area contributed by atoms with E-state index >= 15 is 0 Å². The molecule has 1 aromatic rings. The van der Waals surface area contributed by atoms with Gasteiger partial charge in [-0.1, -0.05) is 43.5 Å². The number of fused-ring (bicyclic) bond motifs is 1. The maximum Gasteiger partial charge on any atom is 0.165 e. The first-order valence-corrected chi connectivity index (χ1v) is 8.41. The molecule has 0 radical (unpaired) electrons. The van der Waals surface area contributed by atoms with Gasteiger partial charge in [0.15, 0.2) is 5.78 Å². The molecule has 0 aromatic heterocycles. The predicted molar refractivity (Wildman–Crippen MR) is 84.6 cm³/mol. The quantitative estimate of drug-likeness (QED) is 0.819. The summed E-state index contributed by atoms with van der Waals surface area (Å²) in [6, 6.07) is 8.65. The van der Waals surface area contributed by atoms with Crippen LogP contribution in [0.1, 0.15) is 68.4 Å². The maximum absolute atomic E-state index is 12.9. The van der Waals surface area contributed by atoms with Crippen LogP contribution < -0.4 is 0 Å². The van der Waals surface area contributed by atoms with Crippen molar-refractivity contribution in [2.75, 3.05) is 7.11 Å². The van der Waals surface area contributed by atoms with Crippen LogP contribution in [0.3, 0.4) is 0 Å². The second-order valence-electron chi connectivity index (χ2n) is 6.67. The highest BCUT2D eigenvalue weighted by atomic mass is 16.5. The maximum atomic E-state index is 12.9. The summed E-state index contributed by atoms with van der Waals surface area (Å²) in [5, 5.41) is 0. The molecule has 0 heterocycles. The fourth-order valence-corrected chi connectivity index (χ4v) is 4.20. The van der Waals surface area contributed by atoms with Gasteiger partial charge in [-0.3, -0.25) is 4.79 Å². The molecule has 2 nitrogen and oxygen atoms in total. The van der Waals surface area contributed by atoms with Gasteiger partial charge in [-0.05, 0) is 49.1 Å². The van der Waals surface area contributed by atoms with Crippen molar-refractivity contribution in [3.63, 3.8) is 0 Å². The first-order chi connectivity index (χ1) is 10.2. The molecule has 1 atom stereocenters. The Morgan fingerprint density at radius 2 is 1.95 bits per heavy atom. The molecule has 1 aromatic carbocycles. The highest BCUT2D eigenvalue weighted by molar-refractivity contribution is 5.88. The summed E-state index contributed by atoms with van der Waals surface area (Å²) in [5.41, 5.74) is 2.36. The van der Waals surface area contributed by atoms with Gasteiger partial charge in [-0.15, -0.1) is 0 Å². The predicted octanol–water partition coefficient (Wildman–Crippen LogP) is 4.42. The Morgan fingerprint density at radius 1 is 1.19 bits per heavy atom. The molecule has 0 saturated heterocycles. The summed E-state index contributed by atoms with van der Waals surface area (Å²) in [6.45, 7) is 0. The van der Waals surface area contributed by atoms with Gasteiger partial charge in [0.25, 0.3) is 0 Å². The highest BCUT2D eigenvalue weighted by Crippen LogP contribution is 2.39. The molecule has 2 heteroatoms. The second-order valence-corrected chi connectivity index (χ2v) is 6.67. The van der Waals surface area contributed by atoms with E-state index < -0.39 is 5.60 Å². The lowest BCUT2D eigenvalue weighted by Crippen LogP contribution is -2.43. The van der Waals surface area contributed by atoms with E-state index in [9.17, 15) is 4.79 Å². The van der Waals surface area contributed by atoms with Crippen LogP contribution in [-0.4, -0.2) is 18.5 Å². The van der Waals surface area contributed by atoms with Crippen molar-refractivity contribution in [3.8, 4) is 0 Å². The van der Waals surface area contributed by atoms with Gasteiger partial charge in [-0.2, -0.15) is 0 Å². The van der Waals surface area contributed by atoms with Crippen LogP contribution in [0.25, 0.3) is 0 Å². The van der Waals surface area contributed by atoms with Crippen molar-refractivity contribution < 1.29 is 9.53 Å². The molecule has 1 saturated carbocycles. The number of ketones is 1. The summed E-state index contributed by atoms with van der Waals surface area (Å²) in [5.74, 6) is 0.739. The summed E-state index contributed by atoms with van der Waals surface area (Å²) in [6.07, 6.45) is 9.48. The second kappa shape index (κ2) is 6.31. The fourth-order valence-electron chi connectivity index (χ4n) is 4.20. The Kier molecular flexibility index (Phi) is 4.44. The van der Waals surface area contributed by atoms with Crippen molar-refractivity contribution in [1.82, 2.24) is 0 Å². The lowest BCUT2D eigenvalue weighted by atomic mass is 9.74. The molecular formula is C19H26O2. The van der Waals surface area contributed by atoms with Crippen LogP contribution in [0.4, 0.5) is 0 Å². The number of carbonyl (C=O) groups is 1. The molecule has 0 spiro atoms. The van der Waals surface area contributed by atoms with E-state index in [1.54, 1.807) is 7.11 Å². The molecule has 1 fully saturated rings. The van der Waals surface area contributed by atoms with Crippen LogP contribution in [0.2, 0.25) is 0 Å². The molecule has 114 valence electrons. The molecule has 2 aliphatic rings. The number of ether oxygens (including phenoxy) is 1. The van der Waals surface area contributed by atoms with E-state index in [1.165, 1.54) is 24.0 Å². The van der Waals surface area contributed by atoms with E-state index in [2.05, 4.69) is 24.3 Å². The minimum Gasteiger partial charge on any atom is -0.370 e. The van der Waals surface area contributed by atoms with Crippen molar-refractivity contribution in [2.45, 2.75) is 69.3 Å². The third kappa shape index (κ3) is 2.91. The number of carbonyl (C=O) groups excluding carboxylic acids is 1. The normalized spacial score (nSPS) is 24.3. The molecule has 21 heavy (non-hydrogen) atoms. The summed E-state index contributed by atoms with van der Waals surface area (Å²) < 4.78 is 5.72. The largest absolute Gasteiger partial charge is 0.370 e. The van der Waals surface area contributed by atoms with Gasteiger partial charge in [-0.25, -0.2) is 0 Å². The standard InChI is InChI=1S/C19H26O2/c1-21-19(12-5-2-6-13-19)18(20)14-16-10-7-9-15-8-3-4-11-17(15)16/h3-4,8,11,16H,2,5-7,9-10,12-14H2,1H3. The molecule has 3 rings (SSSR count). The van der Waals surface area contributed by atoms with Crippen LogP contribution in [0.5, 0.6) is 0 Å². The lowest BCUT2D eigenvalue weighted by Gasteiger charge is -2.36. The van der Waals surface area contributed by atoms with Crippen LogP contribution in [-0.2, 0) is 16.0 Å². The molecule has 0 aliphatic heterocycles. The number of hydrogen-bond donors (Lipinski definition) is 0. The van der Waals surface area contributed by atoms with Crippen molar-refractivity contribution in [1.29, 1.82) is 0 Å². The molecule has 0 amide bonds.